The summed E-state index contributed by atoms with van der Waals surface area (Å²) in [4.78, 5) is 11.9. The Kier molecular flexibility index (Phi) is 7.20. The van der Waals surface area contributed by atoms with E-state index >= 15 is 0 Å². The number of Topliss-reactive ketones (excluding diaryl/α,β-unsaturated/α-hetero) is 1. The Labute approximate surface area is 197 Å². The minimum absolute atomic E-state index is 0.0152. The van der Waals surface area contributed by atoms with Crippen LogP contribution in [0.3, 0.4) is 0 Å². The summed E-state index contributed by atoms with van der Waals surface area (Å²) < 4.78 is 31.0. The van der Waals surface area contributed by atoms with E-state index in [0.29, 0.717) is 19.3 Å². The van der Waals surface area contributed by atoms with E-state index in [0.717, 1.165) is 17.5 Å². The molecular formula is C26H35NO5S. The third kappa shape index (κ3) is 5.06. The molecule has 7 heteroatoms. The summed E-state index contributed by atoms with van der Waals surface area (Å²) in [7, 11) is -4.08. The predicted molar refractivity (Wildman–Crippen MR) is 129 cm³/mol. The summed E-state index contributed by atoms with van der Waals surface area (Å²) in [6, 6.07) is 19.2. The van der Waals surface area contributed by atoms with Gasteiger partial charge in [-0.1, -0.05) is 74.5 Å². The highest BCUT2D eigenvalue weighted by Gasteiger charge is 2.65. The van der Waals surface area contributed by atoms with E-state index in [1.807, 2.05) is 81.4 Å². The molecule has 2 aromatic rings. The van der Waals surface area contributed by atoms with Crippen molar-refractivity contribution in [1.82, 2.24) is 0 Å². The maximum Gasteiger partial charge on any atom is 0.265 e. The van der Waals surface area contributed by atoms with Gasteiger partial charge in [-0.25, -0.2) is 0 Å². The number of fused-ring (bicyclic) bond motifs is 2. The second-order valence-corrected chi connectivity index (χ2v) is 11.6. The van der Waals surface area contributed by atoms with Gasteiger partial charge in [-0.15, -0.1) is 0 Å². The first-order chi connectivity index (χ1) is 15.3. The van der Waals surface area contributed by atoms with Gasteiger partial charge in [0.1, 0.15) is 11.4 Å². The van der Waals surface area contributed by atoms with Crippen molar-refractivity contribution in [2.24, 2.45) is 22.5 Å². The van der Waals surface area contributed by atoms with Gasteiger partial charge in [0.15, 0.2) is 0 Å². The van der Waals surface area contributed by atoms with Gasteiger partial charge in [-0.3, -0.25) is 9.35 Å². The van der Waals surface area contributed by atoms with E-state index in [4.69, 9.17) is 10.3 Å². The van der Waals surface area contributed by atoms with Crippen LogP contribution in [0, 0.1) is 16.7 Å². The fourth-order valence-corrected chi connectivity index (χ4v) is 6.88. The summed E-state index contributed by atoms with van der Waals surface area (Å²) in [5.74, 6) is -0.101. The Morgan fingerprint density at radius 3 is 2.06 bits per heavy atom. The molecule has 0 heterocycles. The van der Waals surface area contributed by atoms with Crippen LogP contribution in [0.5, 0.6) is 0 Å². The number of hydrogen-bond acceptors (Lipinski definition) is 5. The van der Waals surface area contributed by atoms with Crippen LogP contribution in [-0.4, -0.2) is 35.7 Å². The zero-order valence-electron chi connectivity index (χ0n) is 19.6. The molecule has 33 heavy (non-hydrogen) atoms. The van der Waals surface area contributed by atoms with Crippen molar-refractivity contribution >= 4 is 15.9 Å². The predicted octanol–water partition coefficient (Wildman–Crippen LogP) is 3.73. The van der Waals surface area contributed by atoms with Crippen LogP contribution in [0.15, 0.2) is 60.7 Å². The summed E-state index contributed by atoms with van der Waals surface area (Å²) in [5.41, 5.74) is 5.80. The third-order valence-electron chi connectivity index (χ3n) is 7.91. The minimum atomic E-state index is -4.08. The zero-order chi connectivity index (χ0) is 24.5. The van der Waals surface area contributed by atoms with Crippen LogP contribution >= 0.6 is 0 Å². The summed E-state index contributed by atoms with van der Waals surface area (Å²) in [6.07, 6.45) is 2.50. The first kappa shape index (κ1) is 25.6. The van der Waals surface area contributed by atoms with Gasteiger partial charge in [0.2, 0.25) is 0 Å². The van der Waals surface area contributed by atoms with Crippen molar-refractivity contribution in [2.45, 2.75) is 58.1 Å². The number of carbonyl (C=O) groups excluding carboxylic acids is 1. The maximum absolute atomic E-state index is 11.9. The number of nitrogens with two attached hydrogens (primary N) is 1. The Morgan fingerprint density at radius 2 is 1.64 bits per heavy atom. The maximum atomic E-state index is 11.9. The zero-order valence-corrected chi connectivity index (χ0v) is 20.4. The Morgan fingerprint density at radius 1 is 1.09 bits per heavy atom. The molecular weight excluding hydrogens is 438 g/mol. The molecule has 0 aliphatic heterocycles. The Balaban J connectivity index is 0.000000189. The third-order valence-corrected chi connectivity index (χ3v) is 8.77. The van der Waals surface area contributed by atoms with Crippen LogP contribution in [0.25, 0.3) is 0 Å². The number of carbonyl (C=O) groups is 1. The molecule has 0 spiro atoms. The van der Waals surface area contributed by atoms with E-state index in [1.54, 1.807) is 0 Å². The molecule has 0 aromatic heterocycles. The molecule has 2 aliphatic rings. The topological polar surface area (TPSA) is 118 Å². The van der Waals surface area contributed by atoms with E-state index in [-0.39, 0.29) is 23.2 Å². The SMILES string of the molecule is CC1(C)C2CCC1(CS(=O)(=O)O)C(=O)C2.C[C@H](N)C(O)(Cc1ccccc1)c1ccccc1. The molecule has 4 rings (SSSR count). The summed E-state index contributed by atoms with van der Waals surface area (Å²) in [6.45, 7) is 5.73. The van der Waals surface area contributed by atoms with Gasteiger partial charge < -0.3 is 10.8 Å². The largest absolute Gasteiger partial charge is 0.383 e. The monoisotopic (exact) mass is 473 g/mol. The van der Waals surface area contributed by atoms with Gasteiger partial charge in [0, 0.05) is 18.9 Å². The van der Waals surface area contributed by atoms with Crippen LogP contribution in [0.1, 0.15) is 51.2 Å². The first-order valence-corrected chi connectivity index (χ1v) is 13.0. The van der Waals surface area contributed by atoms with Crippen molar-refractivity contribution in [3.05, 3.63) is 71.8 Å². The number of ketones is 1. The number of aliphatic hydroxyl groups is 1. The molecule has 2 aromatic carbocycles. The number of hydrogen-bond donors (Lipinski definition) is 3. The van der Waals surface area contributed by atoms with Crippen LogP contribution in [-0.2, 0) is 26.9 Å². The van der Waals surface area contributed by atoms with E-state index in [1.165, 1.54) is 0 Å². The normalized spacial score (nSPS) is 26.2. The molecule has 4 atom stereocenters. The van der Waals surface area contributed by atoms with Crippen LogP contribution < -0.4 is 5.73 Å². The summed E-state index contributed by atoms with van der Waals surface area (Å²) in [5, 5.41) is 10.9. The molecule has 6 nitrogen and oxygen atoms in total. The van der Waals surface area contributed by atoms with E-state index in [2.05, 4.69) is 0 Å². The highest BCUT2D eigenvalue weighted by atomic mass is 32.2. The van der Waals surface area contributed by atoms with Gasteiger partial charge in [-0.05, 0) is 42.2 Å². The second-order valence-electron chi connectivity index (χ2n) is 10.1. The fraction of sp³-hybridized carbons (Fsp3) is 0.500. The number of rotatable bonds is 6. The highest BCUT2D eigenvalue weighted by Crippen LogP contribution is 2.64. The molecule has 0 saturated heterocycles. The Bertz CT molecular complexity index is 1070. The molecule has 0 radical (unpaired) electrons. The molecule has 4 N–H and O–H groups in total. The van der Waals surface area contributed by atoms with Gasteiger partial charge in [-0.2, -0.15) is 8.42 Å². The fourth-order valence-electron chi connectivity index (χ4n) is 5.58. The number of benzene rings is 2. The van der Waals surface area contributed by atoms with E-state index in [9.17, 15) is 18.3 Å². The quantitative estimate of drug-likeness (QED) is 0.550. The summed E-state index contributed by atoms with van der Waals surface area (Å²) >= 11 is 0. The Hall–Kier alpha value is -2.06. The minimum Gasteiger partial charge on any atom is -0.383 e. The lowest BCUT2D eigenvalue weighted by Crippen LogP contribution is -2.45. The lowest BCUT2D eigenvalue weighted by molar-refractivity contribution is -0.128. The van der Waals surface area contributed by atoms with E-state index < -0.39 is 26.9 Å². The second kappa shape index (κ2) is 9.29. The van der Waals surface area contributed by atoms with Gasteiger partial charge in [0.25, 0.3) is 10.1 Å². The van der Waals surface area contributed by atoms with Crippen LogP contribution in [0.2, 0.25) is 0 Å². The molecule has 0 amide bonds. The lowest BCUT2D eigenvalue weighted by Gasteiger charge is -2.35. The standard InChI is InChI=1S/C16H19NO.C10H16O4S/c1-13(17)16(18,15-10-6-3-7-11-15)12-14-8-4-2-5-9-14;1-9(2)7-3-4-10(9,8(11)5-7)6-15(12,13)14/h2-11,13,18H,12,17H2,1H3;7H,3-6H2,1-2H3,(H,12,13,14)/t13-,16?;/m0./s1. The molecule has 3 unspecified atom stereocenters. The molecule has 2 bridgehead atoms. The van der Waals surface area contributed by atoms with Crippen LogP contribution in [0.4, 0.5) is 0 Å². The van der Waals surface area contributed by atoms with Gasteiger partial charge >= 0.3 is 0 Å². The van der Waals surface area contributed by atoms with Crippen molar-refractivity contribution in [1.29, 1.82) is 0 Å². The molecule has 2 saturated carbocycles. The smallest absolute Gasteiger partial charge is 0.265 e. The van der Waals surface area contributed by atoms with Crippen molar-refractivity contribution in [3.63, 3.8) is 0 Å². The van der Waals surface area contributed by atoms with Crippen molar-refractivity contribution in [2.75, 3.05) is 5.75 Å². The first-order valence-electron chi connectivity index (χ1n) is 11.4. The van der Waals surface area contributed by atoms with Gasteiger partial charge in [0.05, 0.1) is 11.2 Å². The lowest BCUT2D eigenvalue weighted by atomic mass is 9.70. The molecule has 2 fully saturated rings. The average molecular weight is 474 g/mol. The molecule has 180 valence electrons. The van der Waals surface area contributed by atoms with Crippen molar-refractivity contribution in [3.8, 4) is 0 Å². The molecule has 2 aliphatic carbocycles. The average Bonchev–Trinajstić information content (AvgIpc) is 3.08. The highest BCUT2D eigenvalue weighted by molar-refractivity contribution is 7.85. The van der Waals surface area contributed by atoms with Crippen molar-refractivity contribution < 1.29 is 22.9 Å².